The zero-order chi connectivity index (χ0) is 10.1. The maximum absolute atomic E-state index is 12.3. The molecule has 14 heavy (non-hydrogen) atoms. The fraction of sp³-hybridized carbons (Fsp3) is 0.909. The Balaban J connectivity index is 2.04. The summed E-state index contributed by atoms with van der Waals surface area (Å²) in [5, 5.41) is 1.86. The fourth-order valence-corrected chi connectivity index (χ4v) is 3.56. The highest BCUT2D eigenvalue weighted by molar-refractivity contribution is 5.94. The van der Waals surface area contributed by atoms with Gasteiger partial charge in [-0.1, -0.05) is 20.8 Å². The van der Waals surface area contributed by atoms with E-state index in [1.165, 1.54) is 6.42 Å². The number of carbonyl (C=O) groups is 1. The largest absolute Gasteiger partial charge is 0.297 e. The number of carbonyl (C=O) groups excluding carboxylic acids is 1. The number of nitrogens with zero attached hydrogens (tertiary/aromatic N) is 1. The van der Waals surface area contributed by atoms with Crippen LogP contribution in [0.3, 0.4) is 0 Å². The predicted octanol–water partition coefficient (Wildman–Crippen LogP) is 1.58. The summed E-state index contributed by atoms with van der Waals surface area (Å²) in [5.74, 6) is 0.916. The van der Waals surface area contributed by atoms with E-state index in [2.05, 4.69) is 20.8 Å². The minimum atomic E-state index is -0.103. The van der Waals surface area contributed by atoms with Crippen molar-refractivity contribution in [2.75, 3.05) is 6.73 Å². The number of ketones is 1. The van der Waals surface area contributed by atoms with Crippen molar-refractivity contribution >= 4 is 5.78 Å². The number of hydrogen-bond acceptors (Lipinski definition) is 3. The van der Waals surface area contributed by atoms with E-state index in [0.717, 1.165) is 6.42 Å². The topological polar surface area (TPSA) is 32.6 Å². The van der Waals surface area contributed by atoms with E-state index in [4.69, 9.17) is 4.84 Å². The summed E-state index contributed by atoms with van der Waals surface area (Å²) in [6.07, 6.45) is 2.24. The maximum atomic E-state index is 12.3. The maximum Gasteiger partial charge on any atom is 0.159 e. The lowest BCUT2D eigenvalue weighted by atomic mass is 9.70. The number of Topliss-reactive ketones (excluding diaryl/α,β-unsaturated/α-hetero) is 1. The summed E-state index contributed by atoms with van der Waals surface area (Å²) in [6, 6.07) is 0.0590. The van der Waals surface area contributed by atoms with Crippen LogP contribution in [-0.4, -0.2) is 23.6 Å². The standard InChI is InChI=1S/C11H17NO2/c1-10(2)7-4-5-11(10,3)9(13)8(7)12-6-14-12/h7-8H,4-6H2,1-3H3. The van der Waals surface area contributed by atoms with Crippen molar-refractivity contribution in [3.05, 3.63) is 0 Å². The van der Waals surface area contributed by atoms with Crippen LogP contribution in [0.4, 0.5) is 0 Å². The minimum absolute atomic E-state index is 0.0590. The first kappa shape index (κ1) is 8.86. The van der Waals surface area contributed by atoms with Gasteiger partial charge in [0, 0.05) is 5.41 Å². The summed E-state index contributed by atoms with van der Waals surface area (Å²) in [4.78, 5) is 17.4. The zero-order valence-corrected chi connectivity index (χ0v) is 9.04. The molecule has 1 aliphatic heterocycles. The summed E-state index contributed by atoms with van der Waals surface area (Å²) < 4.78 is 0. The molecule has 0 N–H and O–H groups in total. The molecule has 4 unspecified atom stereocenters. The van der Waals surface area contributed by atoms with Gasteiger partial charge < -0.3 is 0 Å². The summed E-state index contributed by atoms with van der Waals surface area (Å²) in [5.41, 5.74) is 0.0506. The number of fused-ring (bicyclic) bond motifs is 2. The highest BCUT2D eigenvalue weighted by Gasteiger charge is 2.68. The average molecular weight is 195 g/mol. The molecule has 0 aromatic heterocycles. The van der Waals surface area contributed by atoms with Gasteiger partial charge in [-0.3, -0.25) is 9.63 Å². The molecule has 0 aromatic rings. The second kappa shape index (κ2) is 2.22. The number of hydroxylamine groups is 2. The molecule has 0 radical (unpaired) electrons. The highest BCUT2D eigenvalue weighted by atomic mass is 16.8. The van der Waals surface area contributed by atoms with Crippen molar-refractivity contribution in [3.8, 4) is 0 Å². The third-order valence-corrected chi connectivity index (χ3v) is 5.09. The van der Waals surface area contributed by atoms with Crippen LogP contribution in [0.25, 0.3) is 0 Å². The lowest BCUT2D eigenvalue weighted by molar-refractivity contribution is -0.133. The van der Waals surface area contributed by atoms with E-state index in [9.17, 15) is 4.79 Å². The van der Waals surface area contributed by atoms with E-state index in [1.807, 2.05) is 5.06 Å². The quantitative estimate of drug-likeness (QED) is 0.595. The van der Waals surface area contributed by atoms with E-state index >= 15 is 0 Å². The van der Waals surface area contributed by atoms with Crippen molar-refractivity contribution in [3.63, 3.8) is 0 Å². The molecule has 0 aromatic carbocycles. The SMILES string of the molecule is CC12CCC(C(N3CO3)C1=O)C2(C)C. The lowest BCUT2D eigenvalue weighted by Crippen LogP contribution is -2.38. The molecule has 2 aliphatic carbocycles. The molecular formula is C11H17NO2. The van der Waals surface area contributed by atoms with Gasteiger partial charge in [0.05, 0.1) is 0 Å². The zero-order valence-electron chi connectivity index (χ0n) is 9.04. The molecule has 78 valence electrons. The Labute approximate surface area is 84.4 Å². The molecule has 2 saturated carbocycles. The number of rotatable bonds is 1. The second-order valence-corrected chi connectivity index (χ2v) is 5.68. The number of hydrogen-bond donors (Lipinski definition) is 0. The van der Waals surface area contributed by atoms with Crippen molar-refractivity contribution in [2.24, 2.45) is 16.7 Å². The highest BCUT2D eigenvalue weighted by Crippen LogP contribution is 2.65. The van der Waals surface area contributed by atoms with Crippen LogP contribution in [0.15, 0.2) is 0 Å². The molecule has 1 heterocycles. The van der Waals surface area contributed by atoms with E-state index in [1.54, 1.807) is 0 Å². The van der Waals surface area contributed by atoms with Gasteiger partial charge >= 0.3 is 0 Å². The minimum Gasteiger partial charge on any atom is -0.297 e. The van der Waals surface area contributed by atoms with Crippen LogP contribution in [0.5, 0.6) is 0 Å². The lowest BCUT2D eigenvalue weighted by Gasteiger charge is -2.32. The van der Waals surface area contributed by atoms with Crippen LogP contribution in [0.1, 0.15) is 33.6 Å². The Hall–Kier alpha value is -0.410. The first-order valence-electron chi connectivity index (χ1n) is 5.42. The first-order chi connectivity index (χ1) is 6.48. The van der Waals surface area contributed by atoms with Gasteiger partial charge in [-0.15, -0.1) is 5.06 Å². The van der Waals surface area contributed by atoms with Crippen LogP contribution >= 0.6 is 0 Å². The summed E-state index contributed by atoms with van der Waals surface area (Å²) in [7, 11) is 0. The van der Waals surface area contributed by atoms with Crippen LogP contribution < -0.4 is 0 Å². The third-order valence-electron chi connectivity index (χ3n) is 5.09. The molecule has 4 atom stereocenters. The van der Waals surface area contributed by atoms with Crippen LogP contribution in [0, 0.1) is 16.7 Å². The van der Waals surface area contributed by atoms with E-state index in [0.29, 0.717) is 18.4 Å². The molecule has 3 fully saturated rings. The van der Waals surface area contributed by atoms with E-state index < -0.39 is 0 Å². The monoisotopic (exact) mass is 195 g/mol. The van der Waals surface area contributed by atoms with Crippen molar-refractivity contribution in [2.45, 2.75) is 39.7 Å². The van der Waals surface area contributed by atoms with Gasteiger partial charge in [0.2, 0.25) is 0 Å². The Morgan fingerprint density at radius 1 is 1.43 bits per heavy atom. The molecule has 3 heteroatoms. The normalized spacial score (nSPS) is 53.9. The van der Waals surface area contributed by atoms with Crippen molar-refractivity contribution in [1.82, 2.24) is 5.06 Å². The van der Waals surface area contributed by atoms with Gasteiger partial charge in [-0.25, -0.2) is 0 Å². The molecule has 3 rings (SSSR count). The van der Waals surface area contributed by atoms with Crippen LogP contribution in [0.2, 0.25) is 0 Å². The van der Waals surface area contributed by atoms with E-state index in [-0.39, 0.29) is 16.9 Å². The van der Waals surface area contributed by atoms with Gasteiger partial charge in [0.25, 0.3) is 0 Å². The smallest absolute Gasteiger partial charge is 0.159 e. The Morgan fingerprint density at radius 3 is 2.50 bits per heavy atom. The van der Waals surface area contributed by atoms with Gasteiger partial charge in [-0.05, 0) is 24.2 Å². The Bertz CT molecular complexity index is 308. The van der Waals surface area contributed by atoms with Crippen LogP contribution in [-0.2, 0) is 9.63 Å². The average Bonchev–Trinajstić information content (AvgIpc) is 2.86. The fourth-order valence-electron chi connectivity index (χ4n) is 3.56. The third kappa shape index (κ3) is 0.751. The second-order valence-electron chi connectivity index (χ2n) is 5.68. The van der Waals surface area contributed by atoms with Gasteiger partial charge in [0.1, 0.15) is 12.8 Å². The summed E-state index contributed by atoms with van der Waals surface area (Å²) >= 11 is 0. The van der Waals surface area contributed by atoms with Crippen molar-refractivity contribution in [1.29, 1.82) is 0 Å². The molecule has 1 saturated heterocycles. The molecule has 3 aliphatic rings. The molecule has 2 bridgehead atoms. The Morgan fingerprint density at radius 2 is 2.07 bits per heavy atom. The summed E-state index contributed by atoms with van der Waals surface area (Å²) in [6.45, 7) is 7.27. The molecule has 0 amide bonds. The van der Waals surface area contributed by atoms with Crippen molar-refractivity contribution < 1.29 is 9.63 Å². The van der Waals surface area contributed by atoms with Gasteiger partial charge in [0.15, 0.2) is 5.78 Å². The van der Waals surface area contributed by atoms with Gasteiger partial charge in [-0.2, -0.15) is 0 Å². The Kier molecular flexibility index (Phi) is 1.41. The predicted molar refractivity (Wildman–Crippen MR) is 51.2 cm³/mol. The molecule has 3 nitrogen and oxygen atoms in total. The molecule has 0 spiro atoms. The first-order valence-corrected chi connectivity index (χ1v) is 5.42. The molecular weight excluding hydrogens is 178 g/mol.